The van der Waals surface area contributed by atoms with Crippen molar-refractivity contribution in [2.75, 3.05) is 17.2 Å². The molecule has 5 N–H and O–H groups in total. The van der Waals surface area contributed by atoms with Crippen molar-refractivity contribution in [2.24, 2.45) is 5.73 Å². The van der Waals surface area contributed by atoms with Crippen molar-refractivity contribution in [2.45, 2.75) is 45.1 Å². The number of amides is 3. The zero-order valence-electron chi connectivity index (χ0n) is 19.6. The molecule has 0 aromatic heterocycles. The third-order valence-electron chi connectivity index (χ3n) is 6.16. The SMILES string of the molecule is Cc1ccc(NC(=O)C[C@H](CCCCN)NC(=O)Nc2ccc3c(c2)Cc2ccccc2-3)cc1. The molecule has 176 valence electrons. The zero-order chi connectivity index (χ0) is 23.9. The lowest BCUT2D eigenvalue weighted by molar-refractivity contribution is -0.116. The topological polar surface area (TPSA) is 96.2 Å². The van der Waals surface area contributed by atoms with Crippen LogP contribution in [-0.2, 0) is 11.2 Å². The summed E-state index contributed by atoms with van der Waals surface area (Å²) in [5, 5.41) is 8.84. The lowest BCUT2D eigenvalue weighted by Gasteiger charge is -2.19. The first-order chi connectivity index (χ1) is 16.5. The van der Waals surface area contributed by atoms with E-state index in [-0.39, 0.29) is 24.4 Å². The molecule has 1 aliphatic carbocycles. The van der Waals surface area contributed by atoms with E-state index >= 15 is 0 Å². The number of aryl methyl sites for hydroxylation is 1. The van der Waals surface area contributed by atoms with Crippen molar-refractivity contribution in [3.63, 3.8) is 0 Å². The molecule has 4 rings (SSSR count). The molecule has 6 nitrogen and oxygen atoms in total. The molecular formula is C28H32N4O2. The predicted octanol–water partition coefficient (Wildman–Crippen LogP) is 5.21. The van der Waals surface area contributed by atoms with Gasteiger partial charge in [0.15, 0.2) is 0 Å². The van der Waals surface area contributed by atoms with E-state index in [1.54, 1.807) is 0 Å². The molecule has 0 aliphatic heterocycles. The largest absolute Gasteiger partial charge is 0.335 e. The van der Waals surface area contributed by atoms with Gasteiger partial charge in [0.1, 0.15) is 0 Å². The van der Waals surface area contributed by atoms with Crippen LogP contribution in [0.3, 0.4) is 0 Å². The van der Waals surface area contributed by atoms with Gasteiger partial charge in [-0.1, -0.05) is 54.4 Å². The third-order valence-corrected chi connectivity index (χ3v) is 6.16. The highest BCUT2D eigenvalue weighted by Gasteiger charge is 2.20. The molecule has 0 unspecified atom stereocenters. The lowest BCUT2D eigenvalue weighted by atomic mass is 10.1. The molecule has 0 heterocycles. The zero-order valence-corrected chi connectivity index (χ0v) is 19.6. The van der Waals surface area contributed by atoms with Crippen molar-refractivity contribution in [1.29, 1.82) is 0 Å². The standard InChI is InChI=1S/C28H32N4O2/c1-19-9-11-22(12-10-19)30-27(33)18-23(7-4-5-15-29)31-28(34)32-24-13-14-26-21(17-24)16-20-6-2-3-8-25(20)26/h2-3,6,8-14,17,23H,4-5,7,15-16,18,29H2,1H3,(H,30,33)(H2,31,32,34)/t23-/m0/s1. The van der Waals surface area contributed by atoms with Crippen LogP contribution in [0.5, 0.6) is 0 Å². The highest BCUT2D eigenvalue weighted by molar-refractivity contribution is 5.93. The molecule has 0 fully saturated rings. The van der Waals surface area contributed by atoms with Gasteiger partial charge in [-0.05, 0) is 79.3 Å². The monoisotopic (exact) mass is 456 g/mol. The Morgan fingerprint density at radius 1 is 0.882 bits per heavy atom. The van der Waals surface area contributed by atoms with E-state index in [2.05, 4.69) is 40.2 Å². The first kappa shape index (κ1) is 23.5. The van der Waals surface area contributed by atoms with Gasteiger partial charge < -0.3 is 21.7 Å². The van der Waals surface area contributed by atoms with Gasteiger partial charge in [0.25, 0.3) is 0 Å². The molecule has 0 saturated heterocycles. The molecule has 1 atom stereocenters. The minimum Gasteiger partial charge on any atom is -0.335 e. The van der Waals surface area contributed by atoms with E-state index < -0.39 is 0 Å². The second kappa shape index (κ2) is 11.0. The van der Waals surface area contributed by atoms with Gasteiger partial charge in [-0.15, -0.1) is 0 Å². The van der Waals surface area contributed by atoms with Crippen molar-refractivity contribution < 1.29 is 9.59 Å². The maximum absolute atomic E-state index is 12.8. The molecule has 6 heteroatoms. The van der Waals surface area contributed by atoms with Gasteiger partial charge in [0, 0.05) is 23.8 Å². The van der Waals surface area contributed by atoms with Crippen LogP contribution in [0.15, 0.2) is 66.7 Å². The fourth-order valence-corrected chi connectivity index (χ4v) is 4.41. The van der Waals surface area contributed by atoms with Crippen LogP contribution in [0, 0.1) is 6.92 Å². The number of carbonyl (C=O) groups excluding carboxylic acids is 2. The van der Waals surface area contributed by atoms with Crippen LogP contribution < -0.4 is 21.7 Å². The lowest BCUT2D eigenvalue weighted by Crippen LogP contribution is -2.40. The third kappa shape index (κ3) is 6.02. The Morgan fingerprint density at radius 3 is 2.41 bits per heavy atom. The van der Waals surface area contributed by atoms with Gasteiger partial charge >= 0.3 is 6.03 Å². The summed E-state index contributed by atoms with van der Waals surface area (Å²) < 4.78 is 0. The molecule has 0 spiro atoms. The van der Waals surface area contributed by atoms with E-state index in [9.17, 15) is 9.59 Å². The van der Waals surface area contributed by atoms with Crippen LogP contribution in [0.4, 0.5) is 16.2 Å². The molecule has 34 heavy (non-hydrogen) atoms. The Morgan fingerprint density at radius 2 is 1.62 bits per heavy atom. The Balaban J connectivity index is 1.36. The van der Waals surface area contributed by atoms with E-state index in [1.807, 2.05) is 49.4 Å². The van der Waals surface area contributed by atoms with E-state index in [4.69, 9.17) is 5.73 Å². The maximum atomic E-state index is 12.8. The average molecular weight is 457 g/mol. The van der Waals surface area contributed by atoms with Gasteiger partial charge in [-0.3, -0.25) is 4.79 Å². The van der Waals surface area contributed by atoms with E-state index in [1.165, 1.54) is 22.3 Å². The molecule has 0 saturated carbocycles. The van der Waals surface area contributed by atoms with Crippen LogP contribution in [0.25, 0.3) is 11.1 Å². The molecule has 0 radical (unpaired) electrons. The Labute approximate surface area is 201 Å². The second-order valence-electron chi connectivity index (χ2n) is 8.90. The summed E-state index contributed by atoms with van der Waals surface area (Å²) in [4.78, 5) is 25.4. The van der Waals surface area contributed by atoms with Crippen molar-refractivity contribution in [3.05, 3.63) is 83.4 Å². The second-order valence-corrected chi connectivity index (χ2v) is 8.90. The Bertz CT molecular complexity index is 1160. The number of nitrogens with two attached hydrogens (primary N) is 1. The number of urea groups is 1. The van der Waals surface area contributed by atoms with Gasteiger partial charge in [-0.2, -0.15) is 0 Å². The Hall–Kier alpha value is -3.64. The summed E-state index contributed by atoms with van der Waals surface area (Å²) in [6.45, 7) is 2.59. The minimum atomic E-state index is -0.309. The van der Waals surface area contributed by atoms with Gasteiger partial charge in [0.2, 0.25) is 5.91 Å². The summed E-state index contributed by atoms with van der Waals surface area (Å²) in [6.07, 6.45) is 3.45. The summed E-state index contributed by atoms with van der Waals surface area (Å²) in [7, 11) is 0. The molecular weight excluding hydrogens is 424 g/mol. The number of carbonyl (C=O) groups is 2. The summed E-state index contributed by atoms with van der Waals surface area (Å²) in [5.74, 6) is -0.128. The van der Waals surface area contributed by atoms with Crippen molar-refractivity contribution in [1.82, 2.24) is 5.32 Å². The number of hydrogen-bond donors (Lipinski definition) is 4. The minimum absolute atomic E-state index is 0.128. The van der Waals surface area contributed by atoms with Crippen LogP contribution in [0.2, 0.25) is 0 Å². The normalized spacial score (nSPS) is 12.4. The molecule has 1 aliphatic rings. The predicted molar refractivity (Wildman–Crippen MR) is 138 cm³/mol. The first-order valence-electron chi connectivity index (χ1n) is 11.9. The molecule has 0 bridgehead atoms. The van der Waals surface area contributed by atoms with Crippen LogP contribution in [0.1, 0.15) is 42.4 Å². The number of nitrogens with one attached hydrogen (secondary N) is 3. The summed E-state index contributed by atoms with van der Waals surface area (Å²) in [5.41, 5.74) is 13.2. The quantitative estimate of drug-likeness (QED) is 0.260. The van der Waals surface area contributed by atoms with Gasteiger partial charge in [-0.25, -0.2) is 4.79 Å². The first-order valence-corrected chi connectivity index (χ1v) is 11.9. The van der Waals surface area contributed by atoms with Crippen LogP contribution >= 0.6 is 0 Å². The van der Waals surface area contributed by atoms with Crippen LogP contribution in [-0.4, -0.2) is 24.5 Å². The van der Waals surface area contributed by atoms with E-state index in [0.717, 1.165) is 36.2 Å². The fraction of sp³-hybridized carbons (Fsp3) is 0.286. The van der Waals surface area contributed by atoms with Crippen molar-refractivity contribution in [3.8, 4) is 11.1 Å². The summed E-state index contributed by atoms with van der Waals surface area (Å²) >= 11 is 0. The number of rotatable bonds is 9. The number of anilines is 2. The summed E-state index contributed by atoms with van der Waals surface area (Å²) in [6, 6.07) is 21.5. The average Bonchev–Trinajstić information content (AvgIpc) is 3.18. The molecule has 3 amide bonds. The smallest absolute Gasteiger partial charge is 0.319 e. The maximum Gasteiger partial charge on any atom is 0.319 e. The molecule has 3 aromatic rings. The number of hydrogen-bond acceptors (Lipinski definition) is 3. The van der Waals surface area contributed by atoms with E-state index in [0.29, 0.717) is 13.0 Å². The number of unbranched alkanes of at least 4 members (excludes halogenated alkanes) is 1. The highest BCUT2D eigenvalue weighted by Crippen LogP contribution is 2.37. The van der Waals surface area contributed by atoms with Gasteiger partial charge in [0.05, 0.1) is 0 Å². The highest BCUT2D eigenvalue weighted by atomic mass is 16.2. The number of fused-ring (bicyclic) bond motifs is 3. The van der Waals surface area contributed by atoms with Crippen molar-refractivity contribution >= 4 is 23.3 Å². The fourth-order valence-electron chi connectivity index (χ4n) is 4.41. The number of benzene rings is 3. The molecule has 3 aromatic carbocycles. The Kier molecular flexibility index (Phi) is 7.60.